The van der Waals surface area contributed by atoms with Crippen LogP contribution < -0.4 is 9.80 Å². The predicted molar refractivity (Wildman–Crippen MR) is 140 cm³/mol. The molecule has 0 atom stereocenters. The summed E-state index contributed by atoms with van der Waals surface area (Å²) in [5, 5.41) is 3.70. The minimum absolute atomic E-state index is 0.331. The number of rotatable bonds is 3. The van der Waals surface area contributed by atoms with Crippen molar-refractivity contribution in [3.05, 3.63) is 69.8 Å². The van der Waals surface area contributed by atoms with Gasteiger partial charge < -0.3 is 9.80 Å². The van der Waals surface area contributed by atoms with Crippen LogP contribution in [0.5, 0.6) is 0 Å². The predicted octanol–water partition coefficient (Wildman–Crippen LogP) is 6.53. The number of aromatic nitrogens is 2. The first-order valence-corrected chi connectivity index (χ1v) is 13.0. The zero-order chi connectivity index (χ0) is 22.4. The first-order valence-electron chi connectivity index (χ1n) is 11.8. The fourth-order valence-corrected chi connectivity index (χ4v) is 6.40. The minimum atomic E-state index is 0.331. The van der Waals surface area contributed by atoms with Crippen molar-refractivity contribution >= 4 is 44.7 Å². The fourth-order valence-electron chi connectivity index (χ4n) is 5.24. The van der Waals surface area contributed by atoms with Crippen LogP contribution in [0.1, 0.15) is 29.5 Å². The quantitative estimate of drug-likeness (QED) is 0.316. The summed E-state index contributed by atoms with van der Waals surface area (Å²) in [6.45, 7) is 5.90. The van der Waals surface area contributed by atoms with Crippen molar-refractivity contribution in [2.24, 2.45) is 0 Å². The molecule has 2 aliphatic rings. The van der Waals surface area contributed by atoms with Crippen LogP contribution in [-0.2, 0) is 12.8 Å². The monoisotopic (exact) mass is 474 g/mol. The Labute approximate surface area is 203 Å². The zero-order valence-electron chi connectivity index (χ0n) is 18.9. The number of hydrogen-bond donors (Lipinski definition) is 0. The Hall–Kier alpha value is -2.63. The molecule has 0 radical (unpaired) electrons. The summed E-state index contributed by atoms with van der Waals surface area (Å²) in [6, 6.07) is 15.8. The first kappa shape index (κ1) is 20.9. The molecule has 6 rings (SSSR count). The molecular weight excluding hydrogens is 448 g/mol. The maximum Gasteiger partial charge on any atom is 0.225 e. The maximum absolute atomic E-state index is 6.38. The number of halogens is 1. The molecule has 0 amide bonds. The van der Waals surface area contributed by atoms with Crippen LogP contribution in [-0.4, -0.2) is 36.1 Å². The molecule has 0 bridgehead atoms. The normalized spacial score (nSPS) is 16.3. The first-order chi connectivity index (χ1) is 16.2. The molecule has 2 aromatic heterocycles. The summed E-state index contributed by atoms with van der Waals surface area (Å²) >= 11 is 8.05. The number of thiophene rings is 1. The topological polar surface area (TPSA) is 32.3 Å². The Morgan fingerprint density at radius 2 is 1.67 bits per heavy atom. The van der Waals surface area contributed by atoms with Gasteiger partial charge in [0, 0.05) is 42.8 Å². The van der Waals surface area contributed by atoms with E-state index in [9.17, 15) is 0 Å². The Kier molecular flexibility index (Phi) is 5.47. The Morgan fingerprint density at radius 3 is 2.48 bits per heavy atom. The second-order valence-electron chi connectivity index (χ2n) is 9.15. The van der Waals surface area contributed by atoms with Crippen molar-refractivity contribution in [1.82, 2.24) is 9.97 Å². The van der Waals surface area contributed by atoms with Gasteiger partial charge in [-0.05, 0) is 78.6 Å². The van der Waals surface area contributed by atoms with E-state index in [0.717, 1.165) is 42.2 Å². The van der Waals surface area contributed by atoms with Gasteiger partial charge in [0.2, 0.25) is 5.28 Å². The number of nitrogens with zero attached hydrogens (tertiary/aromatic N) is 4. The molecule has 4 nitrogen and oxygen atoms in total. The molecule has 4 aromatic rings. The molecule has 1 fully saturated rings. The summed E-state index contributed by atoms with van der Waals surface area (Å²) in [5.74, 6) is 0.975. The van der Waals surface area contributed by atoms with E-state index in [4.69, 9.17) is 16.6 Å². The molecule has 6 heteroatoms. The average Bonchev–Trinajstić information content (AvgIpc) is 3.27. The Morgan fingerprint density at radius 1 is 0.879 bits per heavy atom. The van der Waals surface area contributed by atoms with Crippen LogP contribution in [0.25, 0.3) is 21.3 Å². The largest absolute Gasteiger partial charge is 0.368 e. The van der Waals surface area contributed by atoms with E-state index in [1.807, 2.05) is 0 Å². The number of aryl methyl sites for hydroxylation is 3. The highest BCUT2D eigenvalue weighted by Gasteiger charge is 2.24. The van der Waals surface area contributed by atoms with E-state index >= 15 is 0 Å². The van der Waals surface area contributed by atoms with Gasteiger partial charge in [-0.3, -0.25) is 0 Å². The Bertz CT molecular complexity index is 1320. The fraction of sp³-hybridized carbons (Fsp3) is 0.333. The van der Waals surface area contributed by atoms with Crippen molar-refractivity contribution in [3.63, 3.8) is 0 Å². The highest BCUT2D eigenvalue weighted by atomic mass is 35.5. The van der Waals surface area contributed by atoms with Gasteiger partial charge in [0.15, 0.2) is 0 Å². The van der Waals surface area contributed by atoms with Crippen LogP contribution in [0.2, 0.25) is 5.28 Å². The molecule has 168 valence electrons. The third-order valence-corrected chi connectivity index (χ3v) is 8.03. The lowest BCUT2D eigenvalue weighted by atomic mass is 9.89. The molecule has 0 spiro atoms. The summed E-state index contributed by atoms with van der Waals surface area (Å²) in [5.41, 5.74) is 8.11. The number of anilines is 2. The highest BCUT2D eigenvalue weighted by Crippen LogP contribution is 2.40. The summed E-state index contributed by atoms with van der Waals surface area (Å²) in [4.78, 5) is 15.1. The molecule has 1 saturated heterocycles. The van der Waals surface area contributed by atoms with Gasteiger partial charge in [0.05, 0.1) is 5.39 Å². The third-order valence-electron chi connectivity index (χ3n) is 6.99. The van der Waals surface area contributed by atoms with Crippen LogP contribution in [0.4, 0.5) is 11.5 Å². The van der Waals surface area contributed by atoms with Crippen molar-refractivity contribution in [2.45, 2.75) is 32.6 Å². The smallest absolute Gasteiger partial charge is 0.225 e. The summed E-state index contributed by atoms with van der Waals surface area (Å²) in [6.07, 6.45) is 4.98. The number of benzene rings is 2. The lowest BCUT2D eigenvalue weighted by molar-refractivity contribution is 0.649. The van der Waals surface area contributed by atoms with Gasteiger partial charge in [-0.2, -0.15) is 4.98 Å². The number of fused-ring (bicyclic) bond motifs is 2. The lowest BCUT2D eigenvalue weighted by Crippen LogP contribution is -2.47. The molecule has 0 unspecified atom stereocenters. The van der Waals surface area contributed by atoms with Crippen molar-refractivity contribution in [3.8, 4) is 11.1 Å². The van der Waals surface area contributed by atoms with Gasteiger partial charge in [-0.1, -0.05) is 30.3 Å². The van der Waals surface area contributed by atoms with Gasteiger partial charge >= 0.3 is 0 Å². The van der Waals surface area contributed by atoms with E-state index < -0.39 is 0 Å². The summed E-state index contributed by atoms with van der Waals surface area (Å²) < 4.78 is 0. The molecular formula is C27H27ClN4S. The zero-order valence-corrected chi connectivity index (χ0v) is 20.4. The third kappa shape index (κ3) is 3.98. The van der Waals surface area contributed by atoms with Crippen LogP contribution >= 0.6 is 22.9 Å². The highest BCUT2D eigenvalue weighted by molar-refractivity contribution is 7.17. The van der Waals surface area contributed by atoms with E-state index in [-0.39, 0.29) is 0 Å². The van der Waals surface area contributed by atoms with Crippen molar-refractivity contribution < 1.29 is 0 Å². The second-order valence-corrected chi connectivity index (χ2v) is 10.3. The molecule has 3 heterocycles. The molecule has 0 N–H and O–H groups in total. The van der Waals surface area contributed by atoms with E-state index in [1.165, 1.54) is 59.2 Å². The van der Waals surface area contributed by atoms with Crippen LogP contribution in [0.15, 0.2) is 47.8 Å². The van der Waals surface area contributed by atoms with E-state index in [2.05, 4.69) is 69.6 Å². The molecule has 1 aliphatic carbocycles. The second kappa shape index (κ2) is 8.62. The average molecular weight is 475 g/mol. The number of piperazine rings is 1. The molecule has 33 heavy (non-hydrogen) atoms. The van der Waals surface area contributed by atoms with Gasteiger partial charge in [-0.15, -0.1) is 11.3 Å². The number of hydrogen-bond acceptors (Lipinski definition) is 5. The molecule has 2 aromatic carbocycles. The maximum atomic E-state index is 6.38. The van der Waals surface area contributed by atoms with Crippen molar-refractivity contribution in [2.75, 3.05) is 36.0 Å². The van der Waals surface area contributed by atoms with E-state index in [0.29, 0.717) is 5.28 Å². The minimum Gasteiger partial charge on any atom is -0.368 e. The van der Waals surface area contributed by atoms with Gasteiger partial charge in [-0.25, -0.2) is 4.98 Å². The van der Waals surface area contributed by atoms with E-state index in [1.54, 1.807) is 11.3 Å². The SMILES string of the molecule is Cc1cccc(N2CCN(c3nc(Cl)nc4scc(-c5ccc6c(c5)CCCC6)c34)CC2)c1. The molecule has 1 aliphatic heterocycles. The van der Waals surface area contributed by atoms with Gasteiger partial charge in [0.25, 0.3) is 0 Å². The Balaban J connectivity index is 1.34. The summed E-state index contributed by atoms with van der Waals surface area (Å²) in [7, 11) is 0. The van der Waals surface area contributed by atoms with Crippen molar-refractivity contribution in [1.29, 1.82) is 0 Å². The van der Waals surface area contributed by atoms with Crippen LogP contribution in [0.3, 0.4) is 0 Å². The van der Waals surface area contributed by atoms with Crippen LogP contribution in [0, 0.1) is 6.92 Å². The van der Waals surface area contributed by atoms with Gasteiger partial charge in [0.1, 0.15) is 10.6 Å². The molecule has 0 saturated carbocycles. The standard InChI is InChI=1S/C27H27ClN4S/c1-18-5-4-8-22(15-18)31-11-13-32(14-12-31)25-24-23(17-33-26(24)30-27(28)29-25)21-10-9-19-6-2-3-7-20(19)16-21/h4-5,8-10,15-17H,2-3,6-7,11-14H2,1H3. The lowest BCUT2D eigenvalue weighted by Gasteiger charge is -2.37.